The van der Waals surface area contributed by atoms with Crippen LogP contribution in [0.25, 0.3) is 0 Å². The molecule has 2 rings (SSSR count). The molecule has 4 heteroatoms. The summed E-state index contributed by atoms with van der Waals surface area (Å²) in [6.45, 7) is 4.10. The fourth-order valence-electron chi connectivity index (χ4n) is 2.49. The summed E-state index contributed by atoms with van der Waals surface area (Å²) in [4.78, 5) is 12.8. The number of rotatable bonds is 4. The average Bonchev–Trinajstić information content (AvgIpc) is 2.24. The Morgan fingerprint density at radius 2 is 2.11 bits per heavy atom. The summed E-state index contributed by atoms with van der Waals surface area (Å²) in [7, 11) is 0. The minimum atomic E-state index is -0.332. The molecular formula is C15H20FNOS. The summed E-state index contributed by atoms with van der Waals surface area (Å²) in [5.41, 5.74) is 0.206. The van der Waals surface area contributed by atoms with Crippen molar-refractivity contribution in [2.45, 2.75) is 43.5 Å². The quantitative estimate of drug-likeness (QED) is 0.849. The molecule has 2 nitrogen and oxygen atoms in total. The topological polar surface area (TPSA) is 29.1 Å². The van der Waals surface area contributed by atoms with Crippen LogP contribution < -0.4 is 5.32 Å². The van der Waals surface area contributed by atoms with E-state index in [4.69, 9.17) is 0 Å². The molecule has 0 radical (unpaired) electrons. The molecule has 0 spiro atoms. The van der Waals surface area contributed by atoms with Crippen LogP contribution in [-0.4, -0.2) is 17.7 Å². The number of carbonyl (C=O) groups is 1. The summed E-state index contributed by atoms with van der Waals surface area (Å²) < 4.78 is 13.7. The largest absolute Gasteiger partial charge is 0.347 e. The highest BCUT2D eigenvalue weighted by molar-refractivity contribution is 7.98. The number of nitrogens with one attached hydrogen (secondary N) is 1. The van der Waals surface area contributed by atoms with E-state index in [1.54, 1.807) is 18.4 Å². The Hall–Kier alpha value is -1.03. The van der Waals surface area contributed by atoms with E-state index in [9.17, 15) is 9.18 Å². The Balaban J connectivity index is 2.18. The van der Waals surface area contributed by atoms with Crippen LogP contribution in [0.5, 0.6) is 0 Å². The molecule has 0 atom stereocenters. The van der Waals surface area contributed by atoms with Gasteiger partial charge in [-0.25, -0.2) is 4.39 Å². The van der Waals surface area contributed by atoms with E-state index in [1.165, 1.54) is 24.2 Å². The lowest BCUT2D eigenvalue weighted by atomic mass is 9.72. The molecular weight excluding hydrogens is 261 g/mol. The van der Waals surface area contributed by atoms with Crippen LogP contribution in [0.4, 0.5) is 4.39 Å². The minimum absolute atomic E-state index is 0.180. The second-order valence-corrected chi connectivity index (χ2v) is 6.44. The van der Waals surface area contributed by atoms with Crippen LogP contribution >= 0.6 is 11.8 Å². The fourth-order valence-corrected chi connectivity index (χ4v) is 3.13. The van der Waals surface area contributed by atoms with E-state index in [0.29, 0.717) is 16.4 Å². The maximum atomic E-state index is 13.7. The number of hydrogen-bond donors (Lipinski definition) is 1. The number of thioether (sulfide) groups is 1. The van der Waals surface area contributed by atoms with Gasteiger partial charge in [0, 0.05) is 5.54 Å². The zero-order valence-corrected chi connectivity index (χ0v) is 12.4. The number of benzene rings is 1. The van der Waals surface area contributed by atoms with Gasteiger partial charge in [0.15, 0.2) is 0 Å². The van der Waals surface area contributed by atoms with Crippen LogP contribution in [0.3, 0.4) is 0 Å². The number of amides is 1. The Morgan fingerprint density at radius 1 is 1.42 bits per heavy atom. The first kappa shape index (κ1) is 14.4. The fraction of sp³-hybridized carbons (Fsp3) is 0.533. The molecule has 0 aromatic heterocycles. The SMILES string of the molecule is CSc1c(F)cccc1C(=O)NC(C)(C)C1CCC1. The summed E-state index contributed by atoms with van der Waals surface area (Å²) in [5, 5.41) is 3.06. The minimum Gasteiger partial charge on any atom is -0.347 e. The molecule has 1 aromatic carbocycles. The lowest BCUT2D eigenvalue weighted by molar-refractivity contribution is 0.0822. The van der Waals surface area contributed by atoms with E-state index < -0.39 is 0 Å². The van der Waals surface area contributed by atoms with E-state index >= 15 is 0 Å². The van der Waals surface area contributed by atoms with Crippen molar-refractivity contribution in [2.75, 3.05) is 6.26 Å². The van der Waals surface area contributed by atoms with Crippen molar-refractivity contribution in [1.82, 2.24) is 5.32 Å². The maximum absolute atomic E-state index is 13.7. The van der Waals surface area contributed by atoms with Crippen molar-refractivity contribution in [3.63, 3.8) is 0 Å². The van der Waals surface area contributed by atoms with Crippen LogP contribution in [0.1, 0.15) is 43.5 Å². The van der Waals surface area contributed by atoms with E-state index in [2.05, 4.69) is 5.32 Å². The molecule has 0 aliphatic heterocycles. The van der Waals surface area contributed by atoms with Gasteiger partial charge in [-0.15, -0.1) is 11.8 Å². The first-order valence-electron chi connectivity index (χ1n) is 6.60. The molecule has 1 fully saturated rings. The van der Waals surface area contributed by atoms with Crippen LogP contribution in [0.2, 0.25) is 0 Å². The predicted molar refractivity (Wildman–Crippen MR) is 77.1 cm³/mol. The second kappa shape index (κ2) is 5.53. The molecule has 19 heavy (non-hydrogen) atoms. The average molecular weight is 281 g/mol. The highest BCUT2D eigenvalue weighted by Gasteiger charge is 2.35. The van der Waals surface area contributed by atoms with Crippen LogP contribution in [0.15, 0.2) is 23.1 Å². The van der Waals surface area contributed by atoms with Gasteiger partial charge in [0.25, 0.3) is 5.91 Å². The first-order chi connectivity index (χ1) is 8.95. The van der Waals surface area contributed by atoms with Gasteiger partial charge in [0.2, 0.25) is 0 Å². The number of halogens is 1. The summed E-state index contributed by atoms with van der Waals surface area (Å²) in [6, 6.07) is 4.65. The van der Waals surface area contributed by atoms with Gasteiger partial charge < -0.3 is 5.32 Å². The molecule has 0 bridgehead atoms. The summed E-state index contributed by atoms with van der Waals surface area (Å²) in [5.74, 6) is 0.0186. The van der Waals surface area contributed by atoms with Crippen molar-refractivity contribution in [2.24, 2.45) is 5.92 Å². The molecule has 0 heterocycles. The molecule has 1 aliphatic rings. The first-order valence-corrected chi connectivity index (χ1v) is 7.83. The molecule has 1 amide bonds. The molecule has 1 aromatic rings. The highest BCUT2D eigenvalue weighted by Crippen LogP contribution is 2.36. The van der Waals surface area contributed by atoms with Gasteiger partial charge in [-0.3, -0.25) is 4.79 Å². The van der Waals surface area contributed by atoms with Gasteiger partial charge >= 0.3 is 0 Å². The molecule has 1 N–H and O–H groups in total. The number of hydrogen-bond acceptors (Lipinski definition) is 2. The Morgan fingerprint density at radius 3 is 2.63 bits per heavy atom. The summed E-state index contributed by atoms with van der Waals surface area (Å²) >= 11 is 1.27. The monoisotopic (exact) mass is 281 g/mol. The van der Waals surface area contributed by atoms with E-state index in [1.807, 2.05) is 13.8 Å². The van der Waals surface area contributed by atoms with Crippen molar-refractivity contribution in [3.05, 3.63) is 29.6 Å². The summed E-state index contributed by atoms with van der Waals surface area (Å²) in [6.07, 6.45) is 5.34. The van der Waals surface area contributed by atoms with Crippen LogP contribution in [0, 0.1) is 11.7 Å². The predicted octanol–water partition coefficient (Wildman–Crippen LogP) is 3.86. The highest BCUT2D eigenvalue weighted by atomic mass is 32.2. The Labute approximate surface area is 118 Å². The second-order valence-electron chi connectivity index (χ2n) is 5.62. The number of carbonyl (C=O) groups excluding carboxylic acids is 1. The van der Waals surface area contributed by atoms with Gasteiger partial charge in [-0.1, -0.05) is 12.5 Å². The van der Waals surface area contributed by atoms with Crippen molar-refractivity contribution >= 4 is 17.7 Å². The maximum Gasteiger partial charge on any atom is 0.252 e. The molecule has 1 saturated carbocycles. The van der Waals surface area contributed by atoms with Gasteiger partial charge in [-0.05, 0) is 51.0 Å². The standard InChI is InChI=1S/C15H20FNOS/c1-15(2,10-6-4-7-10)17-14(18)11-8-5-9-12(16)13(11)19-3/h5,8-10H,4,6-7H2,1-3H3,(H,17,18). The zero-order chi connectivity index (χ0) is 14.0. The lowest BCUT2D eigenvalue weighted by Gasteiger charge is -2.41. The van der Waals surface area contributed by atoms with Gasteiger partial charge in [-0.2, -0.15) is 0 Å². The van der Waals surface area contributed by atoms with Crippen molar-refractivity contribution in [1.29, 1.82) is 0 Å². The third kappa shape index (κ3) is 2.94. The molecule has 1 aliphatic carbocycles. The smallest absolute Gasteiger partial charge is 0.252 e. The van der Waals surface area contributed by atoms with E-state index in [-0.39, 0.29) is 17.3 Å². The molecule has 0 saturated heterocycles. The van der Waals surface area contributed by atoms with Crippen molar-refractivity contribution < 1.29 is 9.18 Å². The Bertz CT molecular complexity index is 483. The van der Waals surface area contributed by atoms with Gasteiger partial charge in [0.1, 0.15) is 5.82 Å². The Kier molecular flexibility index (Phi) is 4.19. The van der Waals surface area contributed by atoms with Crippen LogP contribution in [-0.2, 0) is 0 Å². The van der Waals surface area contributed by atoms with Gasteiger partial charge in [0.05, 0.1) is 10.5 Å². The normalized spacial score (nSPS) is 16.0. The zero-order valence-electron chi connectivity index (χ0n) is 11.6. The molecule has 104 valence electrons. The van der Waals surface area contributed by atoms with E-state index in [0.717, 1.165) is 12.8 Å². The third-order valence-electron chi connectivity index (χ3n) is 3.98. The molecule has 0 unspecified atom stereocenters. The van der Waals surface area contributed by atoms with Crippen molar-refractivity contribution in [3.8, 4) is 0 Å². The lowest BCUT2D eigenvalue weighted by Crippen LogP contribution is -2.51. The third-order valence-corrected chi connectivity index (χ3v) is 4.80.